The van der Waals surface area contributed by atoms with Crippen molar-refractivity contribution in [3.05, 3.63) is 46.5 Å². The fraction of sp³-hybridized carbons (Fsp3) is 0.471. The number of hydrogen-bond donors (Lipinski definition) is 0. The highest BCUT2D eigenvalue weighted by molar-refractivity contribution is 9.11. The quantitative estimate of drug-likeness (QED) is 0.822. The van der Waals surface area contributed by atoms with Crippen LogP contribution in [0.3, 0.4) is 0 Å². The molecular weight excluding hydrogens is 332 g/mol. The van der Waals surface area contributed by atoms with Crippen LogP contribution in [0.1, 0.15) is 18.4 Å². The Morgan fingerprint density at radius 1 is 1.29 bits per heavy atom. The fourth-order valence-corrected chi connectivity index (χ4v) is 5.71. The third kappa shape index (κ3) is 1.48. The minimum absolute atomic E-state index is 0.0398. The molecule has 0 aromatic heterocycles. The molecule has 2 fully saturated rings. The topological polar surface area (TPSA) is 35.5 Å². The molecule has 3 nitrogen and oxygen atoms in total. The number of hydrogen-bond acceptors (Lipinski definition) is 3. The molecule has 3 aliphatic carbocycles. The van der Waals surface area contributed by atoms with E-state index in [9.17, 15) is 4.79 Å². The molecule has 0 unspecified atom stereocenters. The first-order valence-electron chi connectivity index (χ1n) is 7.22. The van der Waals surface area contributed by atoms with Crippen LogP contribution in [0.5, 0.6) is 0 Å². The van der Waals surface area contributed by atoms with E-state index in [4.69, 9.17) is 9.47 Å². The number of ether oxygens (including phenoxy) is 2. The summed E-state index contributed by atoms with van der Waals surface area (Å²) in [5.41, 5.74) is 0.612. The minimum Gasteiger partial charge on any atom is -0.346 e. The lowest BCUT2D eigenvalue weighted by Crippen LogP contribution is -2.62. The largest absolute Gasteiger partial charge is 0.346 e. The molecule has 1 aliphatic heterocycles. The van der Waals surface area contributed by atoms with Crippen molar-refractivity contribution < 1.29 is 14.3 Å². The van der Waals surface area contributed by atoms with Gasteiger partial charge in [0.25, 0.3) is 0 Å². The molecule has 4 aliphatic rings. The molecule has 4 heteroatoms. The van der Waals surface area contributed by atoms with Gasteiger partial charge in [-0.3, -0.25) is 4.79 Å². The molecule has 110 valence electrons. The smallest absolute Gasteiger partial charge is 0.237 e. The lowest BCUT2D eigenvalue weighted by molar-refractivity contribution is -0.221. The van der Waals surface area contributed by atoms with Crippen LogP contribution in [0.2, 0.25) is 0 Å². The SMILES string of the molecule is CO[C@@]12OC[C@@H]3[C@@H](c4ccccc4)[C@@](C)(C=C(Br)[C@@H]31)C2=O. The summed E-state index contributed by atoms with van der Waals surface area (Å²) in [6, 6.07) is 10.3. The Bertz CT molecular complexity index is 641. The first kappa shape index (κ1) is 13.7. The monoisotopic (exact) mass is 348 g/mol. The number of rotatable bonds is 2. The summed E-state index contributed by atoms with van der Waals surface area (Å²) < 4.78 is 12.5. The van der Waals surface area contributed by atoms with Gasteiger partial charge in [-0.1, -0.05) is 52.3 Å². The van der Waals surface area contributed by atoms with E-state index in [-0.39, 0.29) is 23.5 Å². The van der Waals surface area contributed by atoms with Crippen molar-refractivity contribution in [3.8, 4) is 0 Å². The van der Waals surface area contributed by atoms with E-state index in [1.807, 2.05) is 25.1 Å². The van der Waals surface area contributed by atoms with E-state index in [2.05, 4.69) is 34.1 Å². The van der Waals surface area contributed by atoms with Gasteiger partial charge in [0.1, 0.15) is 0 Å². The zero-order chi connectivity index (χ0) is 14.8. The Morgan fingerprint density at radius 3 is 2.67 bits per heavy atom. The Labute approximate surface area is 132 Å². The molecule has 1 saturated heterocycles. The van der Waals surface area contributed by atoms with Gasteiger partial charge in [0, 0.05) is 23.4 Å². The number of halogens is 1. The zero-order valence-corrected chi connectivity index (χ0v) is 13.6. The van der Waals surface area contributed by atoms with Gasteiger partial charge in [-0.05, 0) is 12.5 Å². The molecule has 5 atom stereocenters. The highest BCUT2D eigenvalue weighted by atomic mass is 79.9. The molecule has 1 aromatic carbocycles. The number of allylic oxidation sites excluding steroid dienone is 1. The van der Waals surface area contributed by atoms with Gasteiger partial charge >= 0.3 is 0 Å². The van der Waals surface area contributed by atoms with Gasteiger partial charge in [0.15, 0.2) is 0 Å². The number of carbonyl (C=O) groups excluding carboxylic acids is 1. The lowest BCUT2D eigenvalue weighted by Gasteiger charge is -2.53. The predicted octanol–water partition coefficient (Wildman–Crippen LogP) is 3.26. The normalized spacial score (nSPS) is 44.0. The summed E-state index contributed by atoms with van der Waals surface area (Å²) in [6.07, 6.45) is 2.07. The van der Waals surface area contributed by atoms with E-state index in [1.54, 1.807) is 7.11 Å². The second-order valence-corrected chi connectivity index (χ2v) is 7.27. The van der Waals surface area contributed by atoms with Gasteiger partial charge in [0.2, 0.25) is 11.6 Å². The van der Waals surface area contributed by atoms with Crippen LogP contribution in [0.25, 0.3) is 0 Å². The molecule has 0 radical (unpaired) electrons. The van der Waals surface area contributed by atoms with Crippen LogP contribution < -0.4 is 0 Å². The van der Waals surface area contributed by atoms with E-state index >= 15 is 0 Å². The van der Waals surface area contributed by atoms with Crippen LogP contribution >= 0.6 is 15.9 Å². The van der Waals surface area contributed by atoms with Crippen LogP contribution in [-0.2, 0) is 14.3 Å². The van der Waals surface area contributed by atoms with Crippen molar-refractivity contribution in [2.45, 2.75) is 18.6 Å². The van der Waals surface area contributed by atoms with E-state index in [0.717, 1.165) is 4.48 Å². The first-order chi connectivity index (χ1) is 10.0. The Hall–Kier alpha value is -0.970. The van der Waals surface area contributed by atoms with Crippen molar-refractivity contribution >= 4 is 21.7 Å². The first-order valence-corrected chi connectivity index (χ1v) is 8.01. The molecule has 0 N–H and O–H groups in total. The molecule has 5 rings (SSSR count). The van der Waals surface area contributed by atoms with Crippen molar-refractivity contribution in [2.75, 3.05) is 13.7 Å². The molecule has 0 amide bonds. The molecular formula is C17H17BrO3. The van der Waals surface area contributed by atoms with Gasteiger partial charge in [0.05, 0.1) is 17.9 Å². The summed E-state index contributed by atoms with van der Waals surface area (Å²) in [5.74, 6) is -0.689. The average molecular weight is 349 g/mol. The van der Waals surface area contributed by atoms with E-state index < -0.39 is 11.2 Å². The lowest BCUT2D eigenvalue weighted by atomic mass is 9.51. The summed E-state index contributed by atoms with van der Waals surface area (Å²) in [4.78, 5) is 13.1. The van der Waals surface area contributed by atoms with Crippen molar-refractivity contribution in [2.24, 2.45) is 17.3 Å². The molecule has 4 bridgehead atoms. The second-order valence-electron chi connectivity index (χ2n) is 6.35. The number of Topliss-reactive ketones (excluding diaryl/α,β-unsaturated/α-hetero) is 1. The Kier molecular flexibility index (Phi) is 2.79. The van der Waals surface area contributed by atoms with E-state index in [0.29, 0.717) is 6.61 Å². The molecule has 1 saturated carbocycles. The maximum Gasteiger partial charge on any atom is 0.237 e. The number of benzene rings is 1. The maximum atomic E-state index is 13.1. The summed E-state index contributed by atoms with van der Waals surface area (Å²) in [7, 11) is 1.57. The summed E-state index contributed by atoms with van der Waals surface area (Å²) in [5, 5.41) is 0. The summed E-state index contributed by atoms with van der Waals surface area (Å²) >= 11 is 3.65. The summed E-state index contributed by atoms with van der Waals surface area (Å²) in [6.45, 7) is 2.57. The standard InChI is InChI=1S/C17H17BrO3/c1-16-8-12(18)14-11(9-21-17(14,20-2)15(16)19)13(16)10-6-4-3-5-7-10/h3-8,11,13-14H,9H2,1-2H3/t11-,13-,14-,16-,17-/m1/s1. The van der Waals surface area contributed by atoms with E-state index in [1.165, 1.54) is 5.56 Å². The second kappa shape index (κ2) is 4.28. The highest BCUT2D eigenvalue weighted by Crippen LogP contribution is 2.66. The van der Waals surface area contributed by atoms with Crippen molar-refractivity contribution in [1.29, 1.82) is 0 Å². The van der Waals surface area contributed by atoms with Gasteiger partial charge in [-0.15, -0.1) is 0 Å². The molecule has 1 aromatic rings. The van der Waals surface area contributed by atoms with Crippen LogP contribution in [0.4, 0.5) is 0 Å². The number of carbonyl (C=O) groups is 1. The molecule has 1 heterocycles. The minimum atomic E-state index is -1.10. The van der Waals surface area contributed by atoms with Crippen LogP contribution in [0, 0.1) is 17.3 Å². The number of methoxy groups -OCH3 is 1. The van der Waals surface area contributed by atoms with Crippen LogP contribution in [-0.4, -0.2) is 25.3 Å². The van der Waals surface area contributed by atoms with Crippen molar-refractivity contribution in [3.63, 3.8) is 0 Å². The van der Waals surface area contributed by atoms with Gasteiger partial charge in [-0.25, -0.2) is 0 Å². The third-order valence-corrected chi connectivity index (χ3v) is 6.13. The molecule has 0 spiro atoms. The third-order valence-electron chi connectivity index (χ3n) is 5.40. The molecule has 21 heavy (non-hydrogen) atoms. The fourth-order valence-electron chi connectivity index (χ4n) is 4.59. The zero-order valence-electron chi connectivity index (χ0n) is 12.0. The average Bonchev–Trinajstić information content (AvgIpc) is 2.84. The Balaban J connectivity index is 1.94. The van der Waals surface area contributed by atoms with Gasteiger partial charge in [-0.2, -0.15) is 0 Å². The van der Waals surface area contributed by atoms with Crippen molar-refractivity contribution in [1.82, 2.24) is 0 Å². The maximum absolute atomic E-state index is 13.1. The van der Waals surface area contributed by atoms with Crippen LogP contribution in [0.15, 0.2) is 40.9 Å². The predicted molar refractivity (Wildman–Crippen MR) is 82.0 cm³/mol. The highest BCUT2D eigenvalue weighted by Gasteiger charge is 2.72. The van der Waals surface area contributed by atoms with Gasteiger partial charge < -0.3 is 9.47 Å². The number of ketones is 1. The Morgan fingerprint density at radius 2 is 2.00 bits per heavy atom.